The van der Waals surface area contributed by atoms with Gasteiger partial charge < -0.3 is 15.2 Å². The Morgan fingerprint density at radius 1 is 1.50 bits per heavy atom. The van der Waals surface area contributed by atoms with Crippen molar-refractivity contribution in [3.8, 4) is 5.75 Å². The molecule has 20 heavy (non-hydrogen) atoms. The number of carboxylic acids is 1. The number of rotatable bonds is 9. The van der Waals surface area contributed by atoms with Crippen LogP contribution in [0.2, 0.25) is 0 Å². The van der Waals surface area contributed by atoms with Crippen LogP contribution < -0.4 is 10.1 Å². The van der Waals surface area contributed by atoms with Crippen LogP contribution in [-0.4, -0.2) is 36.0 Å². The van der Waals surface area contributed by atoms with Crippen LogP contribution in [0, 0.1) is 0 Å². The van der Waals surface area contributed by atoms with E-state index >= 15 is 0 Å². The second-order valence-electron chi connectivity index (χ2n) is 4.84. The Labute approximate surface area is 124 Å². The first-order chi connectivity index (χ1) is 9.51. The number of aliphatic carboxylic acids is 1. The van der Waals surface area contributed by atoms with Crippen molar-refractivity contribution in [1.82, 2.24) is 5.32 Å². The number of carbonyl (C=O) groups is 1. The Kier molecular flexibility index (Phi) is 6.88. The number of nitrogens with one attached hydrogen (secondary N) is 1. The van der Waals surface area contributed by atoms with Gasteiger partial charge >= 0.3 is 5.97 Å². The lowest BCUT2D eigenvalue weighted by Gasteiger charge is -2.26. The third-order valence-corrected chi connectivity index (χ3v) is 4.14. The van der Waals surface area contributed by atoms with Crippen LogP contribution in [0.15, 0.2) is 29.2 Å². The minimum Gasteiger partial charge on any atom is -0.497 e. The van der Waals surface area contributed by atoms with Gasteiger partial charge in [-0.3, -0.25) is 4.79 Å². The smallest absolute Gasteiger partial charge is 0.323 e. The first kappa shape index (κ1) is 16.9. The molecule has 4 nitrogen and oxygen atoms in total. The molecule has 0 spiro atoms. The molecule has 1 atom stereocenters. The predicted octanol–water partition coefficient (Wildman–Crippen LogP) is 3.02. The molecule has 5 heteroatoms. The van der Waals surface area contributed by atoms with Gasteiger partial charge in [0.15, 0.2) is 0 Å². The van der Waals surface area contributed by atoms with Crippen LogP contribution in [0.4, 0.5) is 0 Å². The van der Waals surface area contributed by atoms with Gasteiger partial charge in [0.25, 0.3) is 0 Å². The van der Waals surface area contributed by atoms with E-state index in [1.54, 1.807) is 25.8 Å². The fraction of sp³-hybridized carbons (Fsp3) is 0.533. The van der Waals surface area contributed by atoms with Crippen LogP contribution in [0.3, 0.4) is 0 Å². The minimum atomic E-state index is -0.859. The topological polar surface area (TPSA) is 58.6 Å². The SMILES string of the molecule is CCCNC(C)(CCSc1cccc(OC)c1)C(=O)O. The van der Waals surface area contributed by atoms with Gasteiger partial charge in [0.2, 0.25) is 0 Å². The Morgan fingerprint density at radius 2 is 2.25 bits per heavy atom. The van der Waals surface area contributed by atoms with Crippen molar-refractivity contribution < 1.29 is 14.6 Å². The molecule has 0 aliphatic heterocycles. The molecule has 0 aliphatic carbocycles. The Bertz CT molecular complexity index is 439. The van der Waals surface area contributed by atoms with Gasteiger partial charge in [-0.05, 0) is 44.5 Å². The summed E-state index contributed by atoms with van der Waals surface area (Å²) in [6, 6.07) is 7.80. The van der Waals surface area contributed by atoms with E-state index in [1.807, 2.05) is 31.2 Å². The summed E-state index contributed by atoms with van der Waals surface area (Å²) in [6.45, 7) is 4.49. The van der Waals surface area contributed by atoms with Crippen molar-refractivity contribution >= 4 is 17.7 Å². The van der Waals surface area contributed by atoms with Gasteiger partial charge in [-0.15, -0.1) is 11.8 Å². The van der Waals surface area contributed by atoms with Gasteiger partial charge in [0, 0.05) is 10.6 Å². The van der Waals surface area contributed by atoms with Gasteiger partial charge in [0.05, 0.1) is 7.11 Å². The lowest BCUT2D eigenvalue weighted by molar-refractivity contribution is -0.144. The van der Waals surface area contributed by atoms with Crippen LogP contribution in [0.25, 0.3) is 0 Å². The highest BCUT2D eigenvalue weighted by molar-refractivity contribution is 7.99. The van der Waals surface area contributed by atoms with Crippen LogP contribution >= 0.6 is 11.8 Å². The Morgan fingerprint density at radius 3 is 2.85 bits per heavy atom. The zero-order valence-corrected chi connectivity index (χ0v) is 13.1. The maximum atomic E-state index is 11.4. The van der Waals surface area contributed by atoms with Crippen molar-refractivity contribution in [1.29, 1.82) is 0 Å². The number of ether oxygens (including phenoxy) is 1. The monoisotopic (exact) mass is 297 g/mol. The summed E-state index contributed by atoms with van der Waals surface area (Å²) < 4.78 is 5.17. The molecule has 0 saturated heterocycles. The molecule has 2 N–H and O–H groups in total. The summed E-state index contributed by atoms with van der Waals surface area (Å²) >= 11 is 1.64. The quantitative estimate of drug-likeness (QED) is 0.686. The highest BCUT2D eigenvalue weighted by Gasteiger charge is 2.31. The average molecular weight is 297 g/mol. The van der Waals surface area contributed by atoms with E-state index in [2.05, 4.69) is 5.32 Å². The third-order valence-electron chi connectivity index (χ3n) is 3.15. The zero-order valence-electron chi connectivity index (χ0n) is 12.3. The fourth-order valence-electron chi connectivity index (χ4n) is 1.74. The fourth-order valence-corrected chi connectivity index (χ4v) is 2.86. The molecule has 0 bridgehead atoms. The molecule has 112 valence electrons. The second kappa shape index (κ2) is 8.17. The lowest BCUT2D eigenvalue weighted by atomic mass is 9.99. The standard InChI is InChI=1S/C15H23NO3S/c1-4-9-16-15(2,14(17)18)8-10-20-13-7-5-6-12(11-13)19-3/h5-7,11,16H,4,8-10H2,1-3H3,(H,17,18). The summed E-state index contributed by atoms with van der Waals surface area (Å²) in [6.07, 6.45) is 1.50. The maximum Gasteiger partial charge on any atom is 0.323 e. The molecule has 0 amide bonds. The molecule has 1 aromatic rings. The van der Waals surface area contributed by atoms with Crippen LogP contribution in [0.1, 0.15) is 26.7 Å². The Hall–Kier alpha value is -1.20. The van der Waals surface area contributed by atoms with Crippen molar-refractivity contribution in [2.45, 2.75) is 37.1 Å². The minimum absolute atomic E-state index is 0.574. The normalized spacial score (nSPS) is 13.8. The molecule has 0 aliphatic rings. The first-order valence-electron chi connectivity index (χ1n) is 6.77. The number of thioether (sulfide) groups is 1. The van der Waals surface area contributed by atoms with E-state index < -0.39 is 11.5 Å². The van der Waals surface area contributed by atoms with Crippen molar-refractivity contribution in [2.24, 2.45) is 0 Å². The van der Waals surface area contributed by atoms with Gasteiger partial charge in [-0.2, -0.15) is 0 Å². The summed E-state index contributed by atoms with van der Waals surface area (Å²) in [5, 5.41) is 12.5. The Balaban J connectivity index is 2.53. The molecule has 0 fully saturated rings. The molecular weight excluding hydrogens is 274 g/mol. The van der Waals surface area contributed by atoms with Crippen molar-refractivity contribution in [3.05, 3.63) is 24.3 Å². The predicted molar refractivity (Wildman–Crippen MR) is 82.7 cm³/mol. The summed E-state index contributed by atoms with van der Waals surface area (Å²) in [7, 11) is 1.64. The molecule has 1 unspecified atom stereocenters. The van der Waals surface area contributed by atoms with E-state index in [0.29, 0.717) is 13.0 Å². The molecule has 1 rings (SSSR count). The van der Waals surface area contributed by atoms with Crippen molar-refractivity contribution in [3.63, 3.8) is 0 Å². The van der Waals surface area contributed by atoms with E-state index in [1.165, 1.54) is 0 Å². The highest BCUT2D eigenvalue weighted by Crippen LogP contribution is 2.25. The number of carboxylic acid groups (broad SMARTS) is 1. The number of benzene rings is 1. The number of methoxy groups -OCH3 is 1. The summed E-state index contributed by atoms with van der Waals surface area (Å²) in [4.78, 5) is 12.5. The summed E-state index contributed by atoms with van der Waals surface area (Å²) in [5.41, 5.74) is -0.859. The van der Waals surface area contributed by atoms with Gasteiger partial charge in [-0.25, -0.2) is 0 Å². The van der Waals surface area contributed by atoms with Crippen LogP contribution in [-0.2, 0) is 4.79 Å². The molecule has 0 saturated carbocycles. The molecular formula is C15H23NO3S. The number of hydrogen-bond acceptors (Lipinski definition) is 4. The highest BCUT2D eigenvalue weighted by atomic mass is 32.2. The van der Waals surface area contributed by atoms with Crippen LogP contribution in [0.5, 0.6) is 5.75 Å². The molecule has 1 aromatic carbocycles. The second-order valence-corrected chi connectivity index (χ2v) is 6.01. The summed E-state index contributed by atoms with van der Waals surface area (Å²) in [5.74, 6) is 0.768. The molecule has 0 heterocycles. The molecule has 0 radical (unpaired) electrons. The van der Waals surface area contributed by atoms with E-state index in [9.17, 15) is 9.90 Å². The van der Waals surface area contributed by atoms with E-state index in [4.69, 9.17) is 4.74 Å². The van der Waals surface area contributed by atoms with Gasteiger partial charge in [0.1, 0.15) is 11.3 Å². The number of hydrogen-bond donors (Lipinski definition) is 2. The van der Waals surface area contributed by atoms with E-state index in [-0.39, 0.29) is 0 Å². The molecule has 0 aromatic heterocycles. The lowest BCUT2D eigenvalue weighted by Crippen LogP contribution is -2.50. The first-order valence-corrected chi connectivity index (χ1v) is 7.75. The third kappa shape index (κ3) is 5.06. The zero-order chi connectivity index (χ0) is 15.0. The largest absolute Gasteiger partial charge is 0.497 e. The average Bonchev–Trinajstić information content (AvgIpc) is 2.45. The van der Waals surface area contributed by atoms with E-state index in [0.717, 1.165) is 22.8 Å². The maximum absolute atomic E-state index is 11.4. The van der Waals surface area contributed by atoms with Gasteiger partial charge in [-0.1, -0.05) is 13.0 Å². The van der Waals surface area contributed by atoms with Crippen molar-refractivity contribution in [2.75, 3.05) is 19.4 Å².